The number of aliphatic hydroxyl groups is 1. The smallest absolute Gasteiger partial charge is 0.434 e. The van der Waals surface area contributed by atoms with E-state index < -0.39 is 32.1 Å². The zero-order valence-electron chi connectivity index (χ0n) is 11.0. The van der Waals surface area contributed by atoms with Crippen LogP contribution in [0, 0.1) is 5.41 Å². The minimum Gasteiger partial charge on any atom is -0.434 e. The lowest BCUT2D eigenvalue weighted by Gasteiger charge is -2.56. The number of hydrogen-bond acceptors (Lipinski definition) is 5. The summed E-state index contributed by atoms with van der Waals surface area (Å²) in [6.07, 6.45) is -7.25. The number of allylic oxidation sites excluding steroid dienone is 1. The minimum absolute atomic E-state index is 0.188. The van der Waals surface area contributed by atoms with Crippen LogP contribution in [0.25, 0.3) is 0 Å². The monoisotopic (exact) mass is 309 g/mol. The molecule has 1 heterocycles. The molecule has 10 heteroatoms. The quantitative estimate of drug-likeness (QED) is 0.642. The molecule has 2 fully saturated rings. The maximum absolute atomic E-state index is 12.4. The highest BCUT2D eigenvalue weighted by Crippen LogP contribution is 2.51. The van der Waals surface area contributed by atoms with E-state index in [1.54, 1.807) is 0 Å². The SMILES string of the molecule is O=C(O[C@H](CO)C(F)(F)F)N1CC2(CC(=CB(O)O)C2)C1. The van der Waals surface area contributed by atoms with Crippen molar-refractivity contribution in [3.05, 3.63) is 11.5 Å². The van der Waals surface area contributed by atoms with Crippen molar-refractivity contribution in [2.75, 3.05) is 19.7 Å². The van der Waals surface area contributed by atoms with E-state index in [-0.39, 0.29) is 18.5 Å². The second kappa shape index (κ2) is 5.50. The second-order valence-corrected chi connectivity index (χ2v) is 5.54. The molecule has 0 radical (unpaired) electrons. The molecule has 118 valence electrons. The highest BCUT2D eigenvalue weighted by atomic mass is 19.4. The summed E-state index contributed by atoms with van der Waals surface area (Å²) in [6.45, 7) is -0.781. The lowest BCUT2D eigenvalue weighted by Crippen LogP contribution is -2.62. The van der Waals surface area contributed by atoms with Crippen LogP contribution in [0.4, 0.5) is 18.0 Å². The third kappa shape index (κ3) is 3.50. The van der Waals surface area contributed by atoms with E-state index >= 15 is 0 Å². The van der Waals surface area contributed by atoms with Crippen LogP contribution < -0.4 is 0 Å². The molecule has 0 bridgehead atoms. The summed E-state index contributed by atoms with van der Waals surface area (Å²) in [5.41, 5.74) is 0.661. The Kier molecular flexibility index (Phi) is 4.23. The van der Waals surface area contributed by atoms with Crippen LogP contribution >= 0.6 is 0 Å². The van der Waals surface area contributed by atoms with Crippen molar-refractivity contribution >= 4 is 13.2 Å². The molecule has 0 unspecified atom stereocenters. The van der Waals surface area contributed by atoms with Gasteiger partial charge in [0.05, 0.1) is 6.61 Å². The van der Waals surface area contributed by atoms with Gasteiger partial charge in [0, 0.05) is 18.5 Å². The number of halogens is 3. The third-order valence-electron chi connectivity index (χ3n) is 3.67. The van der Waals surface area contributed by atoms with E-state index in [9.17, 15) is 18.0 Å². The number of nitrogens with zero attached hydrogens (tertiary/aromatic N) is 1. The number of carbonyl (C=O) groups is 1. The van der Waals surface area contributed by atoms with Gasteiger partial charge in [0.1, 0.15) is 0 Å². The maximum atomic E-state index is 12.4. The minimum atomic E-state index is -4.80. The maximum Gasteiger partial charge on any atom is 0.480 e. The van der Waals surface area contributed by atoms with E-state index in [1.807, 2.05) is 0 Å². The first-order chi connectivity index (χ1) is 9.65. The first-order valence-corrected chi connectivity index (χ1v) is 6.34. The Balaban J connectivity index is 1.79. The van der Waals surface area contributed by atoms with Gasteiger partial charge in [0.25, 0.3) is 0 Å². The molecule has 1 amide bonds. The standard InChI is InChI=1S/C11H15BF3NO5/c13-11(14,15)8(4-17)21-9(18)16-5-10(6-16)1-7(2-10)3-12(19)20/h3,8,17,19-20H,1-2,4-6H2/t8-/m1/s1. The van der Waals surface area contributed by atoms with Crippen molar-refractivity contribution in [1.82, 2.24) is 4.90 Å². The molecule has 1 saturated heterocycles. The van der Waals surface area contributed by atoms with Crippen LogP contribution in [0.2, 0.25) is 0 Å². The van der Waals surface area contributed by atoms with Gasteiger partial charge in [-0.1, -0.05) is 11.5 Å². The largest absolute Gasteiger partial charge is 0.480 e. The highest BCUT2D eigenvalue weighted by Gasteiger charge is 2.53. The first kappa shape index (κ1) is 16.1. The second-order valence-electron chi connectivity index (χ2n) is 5.54. The van der Waals surface area contributed by atoms with Crippen molar-refractivity contribution in [3.63, 3.8) is 0 Å². The van der Waals surface area contributed by atoms with E-state index in [0.717, 1.165) is 10.5 Å². The summed E-state index contributed by atoms with van der Waals surface area (Å²) < 4.78 is 41.3. The molecule has 3 N–H and O–H groups in total. The summed E-state index contributed by atoms with van der Waals surface area (Å²) in [6, 6.07) is 0. The number of amides is 1. The summed E-state index contributed by atoms with van der Waals surface area (Å²) in [5.74, 6) is 1.30. The summed E-state index contributed by atoms with van der Waals surface area (Å²) in [5, 5.41) is 26.1. The van der Waals surface area contributed by atoms with E-state index in [2.05, 4.69) is 4.74 Å². The molecule has 1 aliphatic heterocycles. The van der Waals surface area contributed by atoms with Gasteiger partial charge >= 0.3 is 19.4 Å². The van der Waals surface area contributed by atoms with Gasteiger partial charge in [-0.3, -0.25) is 0 Å². The average Bonchev–Trinajstić information content (AvgIpc) is 2.24. The predicted molar refractivity (Wildman–Crippen MR) is 64.9 cm³/mol. The Bertz CT molecular complexity index is 438. The molecule has 1 saturated carbocycles. The first-order valence-electron chi connectivity index (χ1n) is 6.34. The Labute approximate surface area is 118 Å². The van der Waals surface area contributed by atoms with E-state index in [0.29, 0.717) is 12.8 Å². The van der Waals surface area contributed by atoms with E-state index in [4.69, 9.17) is 15.2 Å². The molecule has 1 spiro atoms. The predicted octanol–water partition coefficient (Wildman–Crippen LogP) is 0.0804. The van der Waals surface area contributed by atoms with Gasteiger partial charge in [0.2, 0.25) is 6.10 Å². The number of aliphatic hydroxyl groups excluding tert-OH is 1. The number of likely N-dealkylation sites (tertiary alicyclic amines) is 1. The fourth-order valence-corrected chi connectivity index (χ4v) is 2.76. The molecule has 1 aliphatic carbocycles. The zero-order chi connectivity index (χ0) is 15.8. The molecule has 0 aromatic carbocycles. The Morgan fingerprint density at radius 3 is 2.43 bits per heavy atom. The van der Waals surface area contributed by atoms with Crippen LogP contribution in [0.1, 0.15) is 12.8 Å². The molecular formula is C11H15BF3NO5. The molecular weight excluding hydrogens is 294 g/mol. The van der Waals surface area contributed by atoms with Crippen LogP contribution in [0.3, 0.4) is 0 Å². The van der Waals surface area contributed by atoms with Crippen LogP contribution in [-0.4, -0.2) is 65.2 Å². The molecule has 6 nitrogen and oxygen atoms in total. The Morgan fingerprint density at radius 2 is 2.00 bits per heavy atom. The van der Waals surface area contributed by atoms with Crippen molar-refractivity contribution in [3.8, 4) is 0 Å². The van der Waals surface area contributed by atoms with Gasteiger partial charge in [-0.15, -0.1) is 0 Å². The van der Waals surface area contributed by atoms with Crippen LogP contribution in [0.5, 0.6) is 0 Å². The molecule has 0 aromatic heterocycles. The molecule has 0 aromatic rings. The molecule has 2 rings (SSSR count). The fraction of sp³-hybridized carbons (Fsp3) is 0.727. The van der Waals surface area contributed by atoms with Crippen LogP contribution in [-0.2, 0) is 4.74 Å². The lowest BCUT2D eigenvalue weighted by atomic mass is 9.59. The van der Waals surface area contributed by atoms with E-state index in [1.165, 1.54) is 5.98 Å². The van der Waals surface area contributed by atoms with Crippen LogP contribution in [0.15, 0.2) is 11.5 Å². The fourth-order valence-electron chi connectivity index (χ4n) is 2.76. The normalized spacial score (nSPS) is 21.4. The summed E-state index contributed by atoms with van der Waals surface area (Å²) in [4.78, 5) is 12.7. The van der Waals surface area contributed by atoms with Crippen molar-refractivity contribution in [2.24, 2.45) is 5.41 Å². The number of carbonyl (C=O) groups excluding carboxylic acids is 1. The highest BCUT2D eigenvalue weighted by molar-refractivity contribution is 6.47. The third-order valence-corrected chi connectivity index (χ3v) is 3.67. The van der Waals surface area contributed by atoms with Gasteiger partial charge < -0.3 is 24.8 Å². The lowest BCUT2D eigenvalue weighted by molar-refractivity contribution is -0.217. The van der Waals surface area contributed by atoms with Gasteiger partial charge in [-0.25, -0.2) is 4.79 Å². The summed E-state index contributed by atoms with van der Waals surface area (Å²) in [7, 11) is -1.52. The number of alkyl halides is 3. The Hall–Kier alpha value is -1.26. The number of hydrogen-bond donors (Lipinski definition) is 3. The topological polar surface area (TPSA) is 90.2 Å². The molecule has 1 atom stereocenters. The summed E-state index contributed by atoms with van der Waals surface area (Å²) >= 11 is 0. The van der Waals surface area contributed by atoms with Crippen molar-refractivity contribution < 1.29 is 37.9 Å². The number of rotatable bonds is 3. The van der Waals surface area contributed by atoms with Gasteiger partial charge in [-0.2, -0.15) is 13.2 Å². The van der Waals surface area contributed by atoms with Gasteiger partial charge in [0.15, 0.2) is 0 Å². The molecule has 2 aliphatic rings. The van der Waals surface area contributed by atoms with Crippen molar-refractivity contribution in [1.29, 1.82) is 0 Å². The zero-order valence-corrected chi connectivity index (χ0v) is 11.0. The molecule has 21 heavy (non-hydrogen) atoms. The Morgan fingerprint density at radius 1 is 1.43 bits per heavy atom. The van der Waals surface area contributed by atoms with Crippen molar-refractivity contribution in [2.45, 2.75) is 25.1 Å². The average molecular weight is 309 g/mol. The van der Waals surface area contributed by atoms with Gasteiger partial charge in [-0.05, 0) is 12.8 Å². The number of ether oxygens (including phenoxy) is 1.